The smallest absolute Gasteiger partial charge is 0.211 e. The van der Waals surface area contributed by atoms with E-state index in [4.69, 9.17) is 0 Å². The maximum Gasteiger partial charge on any atom is 0.211 e. The number of aromatic nitrogens is 1. The van der Waals surface area contributed by atoms with Gasteiger partial charge in [-0.2, -0.15) is 4.40 Å². The quantitative estimate of drug-likeness (QED) is 0.662. The number of hydrogen-bond acceptors (Lipinski definition) is 1. The molecule has 0 N–H and O–H groups in total. The van der Waals surface area contributed by atoms with Gasteiger partial charge in [0, 0.05) is 44.0 Å². The largest absolute Gasteiger partial charge is 0.378 e. The van der Waals surface area contributed by atoms with Crippen molar-refractivity contribution in [3.8, 4) is 0 Å². The average molecular weight is 275 g/mol. The Kier molecular flexibility index (Phi) is 3.69. The second-order valence-electron chi connectivity index (χ2n) is 5.31. The zero-order valence-electron chi connectivity index (χ0n) is 12.4. The van der Waals surface area contributed by atoms with Crippen LogP contribution < -0.4 is 9.30 Å². The Morgan fingerprint density at radius 1 is 0.810 bits per heavy atom. The van der Waals surface area contributed by atoms with Crippen LogP contribution in [0.15, 0.2) is 67.0 Å². The number of benzene rings is 1. The molecule has 21 heavy (non-hydrogen) atoms. The lowest BCUT2D eigenvalue weighted by atomic mass is 10.1. The minimum Gasteiger partial charge on any atom is -0.378 e. The summed E-state index contributed by atoms with van der Waals surface area (Å²) in [5, 5.41) is 0. The SMILES string of the molecule is CN(C)c1ccc(/C=C/c2cc[n+]3ccccc3c2)cc1. The van der Waals surface area contributed by atoms with Gasteiger partial charge in [-0.05, 0) is 29.3 Å². The predicted molar refractivity (Wildman–Crippen MR) is 89.3 cm³/mol. The van der Waals surface area contributed by atoms with E-state index >= 15 is 0 Å². The molecule has 2 aromatic heterocycles. The van der Waals surface area contributed by atoms with E-state index in [9.17, 15) is 0 Å². The predicted octanol–water partition coefficient (Wildman–Crippen LogP) is 3.66. The van der Waals surface area contributed by atoms with Gasteiger partial charge in [-0.1, -0.05) is 24.3 Å². The molecule has 0 fully saturated rings. The number of anilines is 1. The lowest BCUT2D eigenvalue weighted by molar-refractivity contribution is -0.512. The fourth-order valence-corrected chi connectivity index (χ4v) is 2.29. The maximum atomic E-state index is 2.19. The molecule has 2 heteroatoms. The van der Waals surface area contributed by atoms with Crippen molar-refractivity contribution in [3.63, 3.8) is 0 Å². The Balaban J connectivity index is 1.83. The van der Waals surface area contributed by atoms with Gasteiger partial charge in [0.25, 0.3) is 0 Å². The molecule has 2 heterocycles. The lowest BCUT2D eigenvalue weighted by Gasteiger charge is -2.11. The summed E-state index contributed by atoms with van der Waals surface area (Å²) in [6.45, 7) is 0. The molecule has 0 saturated carbocycles. The van der Waals surface area contributed by atoms with Gasteiger partial charge in [-0.3, -0.25) is 0 Å². The fraction of sp³-hybridized carbons (Fsp3) is 0.105. The molecule has 0 aliphatic heterocycles. The summed E-state index contributed by atoms with van der Waals surface area (Å²) in [7, 11) is 4.11. The minimum absolute atomic E-state index is 1.20. The Bertz CT molecular complexity index is 771. The summed E-state index contributed by atoms with van der Waals surface area (Å²) in [6.07, 6.45) is 8.44. The van der Waals surface area contributed by atoms with Crippen molar-refractivity contribution in [1.82, 2.24) is 0 Å². The molecule has 104 valence electrons. The third-order valence-electron chi connectivity index (χ3n) is 3.54. The number of nitrogens with zero attached hydrogens (tertiary/aromatic N) is 2. The molecule has 3 rings (SSSR count). The zero-order valence-corrected chi connectivity index (χ0v) is 12.4. The molecular formula is C19H19N2+. The van der Waals surface area contributed by atoms with Crippen molar-refractivity contribution < 1.29 is 4.40 Å². The topological polar surface area (TPSA) is 7.34 Å². The van der Waals surface area contributed by atoms with Crippen molar-refractivity contribution in [2.75, 3.05) is 19.0 Å². The Morgan fingerprint density at radius 3 is 2.33 bits per heavy atom. The molecule has 3 aromatic rings. The lowest BCUT2D eigenvalue weighted by Crippen LogP contribution is -2.19. The van der Waals surface area contributed by atoms with Crippen molar-refractivity contribution >= 4 is 23.4 Å². The first-order valence-electron chi connectivity index (χ1n) is 7.08. The van der Waals surface area contributed by atoms with Crippen LogP contribution in [0, 0.1) is 0 Å². The van der Waals surface area contributed by atoms with E-state index in [0.29, 0.717) is 0 Å². The van der Waals surface area contributed by atoms with Gasteiger partial charge >= 0.3 is 0 Å². The molecule has 0 spiro atoms. The van der Waals surface area contributed by atoms with E-state index in [1.807, 2.05) is 6.07 Å². The standard InChI is InChI=1S/C19H19N2/c1-20(2)18-10-8-16(9-11-18)6-7-17-12-14-21-13-4-3-5-19(21)15-17/h3-15H,1-2H3/q+1. The molecule has 0 radical (unpaired) electrons. The highest BCUT2D eigenvalue weighted by molar-refractivity contribution is 5.71. The van der Waals surface area contributed by atoms with Crippen molar-refractivity contribution in [1.29, 1.82) is 0 Å². The fourth-order valence-electron chi connectivity index (χ4n) is 2.29. The third-order valence-corrected chi connectivity index (χ3v) is 3.54. The molecule has 2 nitrogen and oxygen atoms in total. The Hall–Kier alpha value is -2.61. The van der Waals surface area contributed by atoms with Crippen molar-refractivity contribution in [2.24, 2.45) is 0 Å². The maximum absolute atomic E-state index is 2.19. The molecule has 0 amide bonds. The highest BCUT2D eigenvalue weighted by Gasteiger charge is 2.00. The van der Waals surface area contributed by atoms with Gasteiger partial charge in [0.1, 0.15) is 0 Å². The van der Waals surface area contributed by atoms with Crippen LogP contribution in [0.1, 0.15) is 11.1 Å². The van der Waals surface area contributed by atoms with Crippen LogP contribution in [-0.4, -0.2) is 14.1 Å². The molecule has 0 saturated heterocycles. The van der Waals surface area contributed by atoms with Crippen LogP contribution >= 0.6 is 0 Å². The van der Waals surface area contributed by atoms with Crippen molar-refractivity contribution in [3.05, 3.63) is 78.1 Å². The third kappa shape index (κ3) is 3.11. The second-order valence-corrected chi connectivity index (χ2v) is 5.31. The molecular weight excluding hydrogens is 256 g/mol. The summed E-state index contributed by atoms with van der Waals surface area (Å²) in [4.78, 5) is 2.11. The first-order chi connectivity index (χ1) is 10.2. The Labute approximate surface area is 125 Å². The van der Waals surface area contributed by atoms with E-state index in [0.717, 1.165) is 0 Å². The number of fused-ring (bicyclic) bond motifs is 1. The highest BCUT2D eigenvalue weighted by Crippen LogP contribution is 2.14. The molecule has 0 bridgehead atoms. The van der Waals surface area contributed by atoms with Gasteiger partial charge in [-0.25, -0.2) is 0 Å². The Morgan fingerprint density at radius 2 is 1.57 bits per heavy atom. The minimum atomic E-state index is 1.20. The normalized spacial score (nSPS) is 11.1. The number of pyridine rings is 2. The van der Waals surface area contributed by atoms with E-state index in [2.05, 4.69) is 96.5 Å². The molecule has 1 aromatic carbocycles. The monoisotopic (exact) mass is 275 g/mol. The number of rotatable bonds is 3. The first kappa shape index (κ1) is 13.4. The summed E-state index contributed by atoms with van der Waals surface area (Å²) in [5.41, 5.74) is 4.83. The van der Waals surface area contributed by atoms with E-state index in [-0.39, 0.29) is 0 Å². The second kappa shape index (κ2) is 5.80. The van der Waals surface area contributed by atoms with E-state index < -0.39 is 0 Å². The van der Waals surface area contributed by atoms with E-state index in [1.165, 1.54) is 22.3 Å². The van der Waals surface area contributed by atoms with Crippen molar-refractivity contribution in [2.45, 2.75) is 0 Å². The van der Waals surface area contributed by atoms with Gasteiger partial charge in [0.05, 0.1) is 0 Å². The van der Waals surface area contributed by atoms with Crippen LogP contribution in [0.25, 0.3) is 17.7 Å². The summed E-state index contributed by atoms with van der Waals surface area (Å²) >= 11 is 0. The molecule has 0 unspecified atom stereocenters. The summed E-state index contributed by atoms with van der Waals surface area (Å²) in [6, 6.07) is 19.1. The van der Waals surface area contributed by atoms with Crippen LogP contribution in [-0.2, 0) is 0 Å². The average Bonchev–Trinajstić information content (AvgIpc) is 2.53. The van der Waals surface area contributed by atoms with Crippen LogP contribution in [0.4, 0.5) is 5.69 Å². The zero-order chi connectivity index (χ0) is 14.7. The van der Waals surface area contributed by atoms with Gasteiger partial charge in [0.15, 0.2) is 12.4 Å². The van der Waals surface area contributed by atoms with Gasteiger partial charge in [0.2, 0.25) is 5.52 Å². The molecule has 0 aliphatic rings. The van der Waals surface area contributed by atoms with Crippen LogP contribution in [0.2, 0.25) is 0 Å². The van der Waals surface area contributed by atoms with Crippen LogP contribution in [0.3, 0.4) is 0 Å². The van der Waals surface area contributed by atoms with Gasteiger partial charge < -0.3 is 4.90 Å². The highest BCUT2D eigenvalue weighted by atomic mass is 15.1. The molecule has 0 aliphatic carbocycles. The first-order valence-corrected chi connectivity index (χ1v) is 7.08. The number of hydrogen-bond donors (Lipinski definition) is 0. The van der Waals surface area contributed by atoms with E-state index in [1.54, 1.807) is 0 Å². The van der Waals surface area contributed by atoms with Gasteiger partial charge in [-0.15, -0.1) is 0 Å². The summed E-state index contributed by atoms with van der Waals surface area (Å²) < 4.78 is 2.11. The van der Waals surface area contributed by atoms with Crippen LogP contribution in [0.5, 0.6) is 0 Å². The molecule has 0 atom stereocenters. The summed E-state index contributed by atoms with van der Waals surface area (Å²) in [5.74, 6) is 0.